The number of methoxy groups -OCH3 is 1. The van der Waals surface area contributed by atoms with Crippen molar-refractivity contribution in [1.29, 1.82) is 0 Å². The number of nitrogens with zero attached hydrogens (tertiary/aromatic N) is 3. The lowest BCUT2D eigenvalue weighted by Crippen LogP contribution is -1.95. The monoisotopic (exact) mass is 304 g/mol. The zero-order valence-electron chi connectivity index (χ0n) is 12.7. The van der Waals surface area contributed by atoms with Crippen LogP contribution in [0.5, 0.6) is 5.75 Å². The Hall–Kier alpha value is -3.21. The van der Waals surface area contributed by atoms with E-state index in [0.717, 1.165) is 22.1 Å². The van der Waals surface area contributed by atoms with Crippen LogP contribution in [0.25, 0.3) is 16.8 Å². The van der Waals surface area contributed by atoms with Crippen molar-refractivity contribution in [2.24, 2.45) is 5.10 Å². The van der Waals surface area contributed by atoms with Crippen molar-refractivity contribution < 1.29 is 4.74 Å². The average Bonchev–Trinajstić information content (AvgIpc) is 2.62. The minimum absolute atomic E-state index is 0.630. The predicted molar refractivity (Wildman–Crippen MR) is 93.7 cm³/mol. The standard InChI is InChI=1S/C18H16N4O/c1-23-17-11-5-3-7-14(17)9-6-12-19-21-18-16-10-4-2-8-15(16)13-20-22-18/h2-13H,1H3,(H,21,22)/b9-6+,19-12-. The Morgan fingerprint density at radius 1 is 1.09 bits per heavy atom. The molecule has 0 saturated carbocycles. The summed E-state index contributed by atoms with van der Waals surface area (Å²) in [5.74, 6) is 1.45. The van der Waals surface area contributed by atoms with Crippen molar-refractivity contribution in [3.05, 3.63) is 66.4 Å². The third kappa shape index (κ3) is 3.52. The molecule has 0 aliphatic carbocycles. The fraction of sp³-hybridized carbons (Fsp3) is 0.0556. The molecule has 0 amide bonds. The summed E-state index contributed by atoms with van der Waals surface area (Å²) in [7, 11) is 1.65. The number of fused-ring (bicyclic) bond motifs is 1. The second kappa shape index (κ2) is 7.17. The largest absolute Gasteiger partial charge is 0.496 e. The molecule has 1 N–H and O–H groups in total. The number of para-hydroxylation sites is 1. The highest BCUT2D eigenvalue weighted by Crippen LogP contribution is 2.19. The van der Waals surface area contributed by atoms with Gasteiger partial charge in [0.05, 0.1) is 13.3 Å². The first kappa shape index (κ1) is 14.7. The molecule has 0 aliphatic rings. The van der Waals surface area contributed by atoms with E-state index < -0.39 is 0 Å². The Bertz CT molecular complexity index is 853. The van der Waals surface area contributed by atoms with Gasteiger partial charge in [0, 0.05) is 22.6 Å². The smallest absolute Gasteiger partial charge is 0.176 e. The number of allylic oxidation sites excluding steroid dienone is 1. The molecule has 5 heteroatoms. The molecular weight excluding hydrogens is 288 g/mol. The molecule has 23 heavy (non-hydrogen) atoms. The molecule has 0 radical (unpaired) electrons. The number of aromatic nitrogens is 2. The predicted octanol–water partition coefficient (Wildman–Crippen LogP) is 3.75. The van der Waals surface area contributed by atoms with E-state index in [9.17, 15) is 0 Å². The fourth-order valence-corrected chi connectivity index (χ4v) is 2.20. The number of hydrogen-bond acceptors (Lipinski definition) is 5. The van der Waals surface area contributed by atoms with Crippen molar-refractivity contribution in [2.75, 3.05) is 12.5 Å². The molecule has 0 bridgehead atoms. The molecule has 1 heterocycles. The lowest BCUT2D eigenvalue weighted by Gasteiger charge is -2.03. The van der Waals surface area contributed by atoms with Crippen molar-refractivity contribution in [3.8, 4) is 5.75 Å². The maximum absolute atomic E-state index is 5.29. The Kier molecular flexibility index (Phi) is 4.59. The quantitative estimate of drug-likeness (QED) is 0.576. The highest BCUT2D eigenvalue weighted by molar-refractivity contribution is 5.91. The van der Waals surface area contributed by atoms with E-state index in [4.69, 9.17) is 4.74 Å². The van der Waals surface area contributed by atoms with E-state index in [2.05, 4.69) is 20.7 Å². The Labute approximate surface area is 134 Å². The minimum Gasteiger partial charge on any atom is -0.496 e. The number of anilines is 1. The van der Waals surface area contributed by atoms with Gasteiger partial charge in [-0.15, -0.1) is 5.10 Å². The molecule has 0 fully saturated rings. The first-order valence-corrected chi connectivity index (χ1v) is 7.17. The molecule has 3 aromatic rings. The van der Waals surface area contributed by atoms with Crippen LogP contribution in [0.3, 0.4) is 0 Å². The van der Waals surface area contributed by atoms with Gasteiger partial charge in [0.15, 0.2) is 5.82 Å². The van der Waals surface area contributed by atoms with Crippen molar-refractivity contribution in [2.45, 2.75) is 0 Å². The van der Waals surface area contributed by atoms with Gasteiger partial charge in [-0.1, -0.05) is 42.5 Å². The first-order chi connectivity index (χ1) is 11.4. The second-order valence-electron chi connectivity index (χ2n) is 4.77. The zero-order valence-corrected chi connectivity index (χ0v) is 12.7. The molecule has 0 aliphatic heterocycles. The summed E-state index contributed by atoms with van der Waals surface area (Å²) in [6, 6.07) is 15.7. The summed E-state index contributed by atoms with van der Waals surface area (Å²) < 4.78 is 5.29. The van der Waals surface area contributed by atoms with E-state index in [0.29, 0.717) is 5.82 Å². The summed E-state index contributed by atoms with van der Waals surface area (Å²) in [4.78, 5) is 0. The molecule has 3 rings (SSSR count). The van der Waals surface area contributed by atoms with Gasteiger partial charge in [0.2, 0.25) is 0 Å². The molecule has 0 saturated heterocycles. The van der Waals surface area contributed by atoms with Crippen LogP contribution < -0.4 is 10.2 Å². The van der Waals surface area contributed by atoms with Crippen LogP contribution >= 0.6 is 0 Å². The van der Waals surface area contributed by atoms with Gasteiger partial charge in [-0.3, -0.25) is 5.43 Å². The van der Waals surface area contributed by atoms with Crippen LogP contribution in [-0.4, -0.2) is 23.5 Å². The van der Waals surface area contributed by atoms with Gasteiger partial charge in [0.25, 0.3) is 0 Å². The molecule has 0 unspecified atom stereocenters. The van der Waals surface area contributed by atoms with Gasteiger partial charge < -0.3 is 4.74 Å². The fourth-order valence-electron chi connectivity index (χ4n) is 2.20. The van der Waals surface area contributed by atoms with E-state index in [1.807, 2.05) is 60.7 Å². The van der Waals surface area contributed by atoms with Crippen molar-refractivity contribution in [1.82, 2.24) is 10.2 Å². The van der Waals surface area contributed by atoms with E-state index in [1.165, 1.54) is 0 Å². The molecule has 0 atom stereocenters. The van der Waals surface area contributed by atoms with Gasteiger partial charge in [-0.25, -0.2) is 0 Å². The van der Waals surface area contributed by atoms with E-state index in [-0.39, 0.29) is 0 Å². The molecule has 114 valence electrons. The highest BCUT2D eigenvalue weighted by atomic mass is 16.5. The lowest BCUT2D eigenvalue weighted by atomic mass is 10.2. The SMILES string of the molecule is COc1ccccc1/C=C/C=N\Nc1nncc2ccccc12. The summed E-state index contributed by atoms with van der Waals surface area (Å²) in [6.07, 6.45) is 7.16. The van der Waals surface area contributed by atoms with Crippen molar-refractivity contribution in [3.63, 3.8) is 0 Å². The van der Waals surface area contributed by atoms with Gasteiger partial charge in [0.1, 0.15) is 5.75 Å². The van der Waals surface area contributed by atoms with E-state index in [1.54, 1.807) is 19.5 Å². The van der Waals surface area contributed by atoms with E-state index >= 15 is 0 Å². The van der Waals surface area contributed by atoms with Crippen LogP contribution in [0.2, 0.25) is 0 Å². The maximum atomic E-state index is 5.29. The lowest BCUT2D eigenvalue weighted by molar-refractivity contribution is 0.414. The number of hydrazone groups is 1. The van der Waals surface area contributed by atoms with Crippen molar-refractivity contribution >= 4 is 28.9 Å². The van der Waals surface area contributed by atoms with Crippen LogP contribution in [0.1, 0.15) is 5.56 Å². The third-order valence-electron chi connectivity index (χ3n) is 3.32. The molecule has 2 aromatic carbocycles. The van der Waals surface area contributed by atoms with Gasteiger partial charge in [-0.05, 0) is 18.2 Å². The molecule has 5 nitrogen and oxygen atoms in total. The normalized spacial score (nSPS) is 11.3. The topological polar surface area (TPSA) is 59.4 Å². The number of nitrogens with one attached hydrogen (secondary N) is 1. The number of hydrogen-bond donors (Lipinski definition) is 1. The average molecular weight is 304 g/mol. The number of ether oxygens (including phenoxy) is 1. The maximum Gasteiger partial charge on any atom is 0.176 e. The number of rotatable bonds is 5. The molecule has 1 aromatic heterocycles. The summed E-state index contributed by atoms with van der Waals surface area (Å²) in [6.45, 7) is 0. The third-order valence-corrected chi connectivity index (χ3v) is 3.32. The molecular formula is C18H16N4O. The van der Waals surface area contributed by atoms with Gasteiger partial charge >= 0.3 is 0 Å². The molecule has 0 spiro atoms. The summed E-state index contributed by atoms with van der Waals surface area (Å²) >= 11 is 0. The van der Waals surface area contributed by atoms with Crippen LogP contribution in [-0.2, 0) is 0 Å². The Morgan fingerprint density at radius 3 is 2.83 bits per heavy atom. The summed E-state index contributed by atoms with van der Waals surface area (Å²) in [5, 5.41) is 14.2. The number of benzene rings is 2. The van der Waals surface area contributed by atoms with Crippen LogP contribution in [0.15, 0.2) is 65.9 Å². The zero-order chi connectivity index (χ0) is 15.9. The van der Waals surface area contributed by atoms with Crippen LogP contribution in [0, 0.1) is 0 Å². The Morgan fingerprint density at radius 2 is 1.91 bits per heavy atom. The summed E-state index contributed by atoms with van der Waals surface area (Å²) in [5.41, 5.74) is 3.91. The first-order valence-electron chi connectivity index (χ1n) is 7.17. The second-order valence-corrected chi connectivity index (χ2v) is 4.77. The minimum atomic E-state index is 0.630. The Balaban J connectivity index is 1.70. The van der Waals surface area contributed by atoms with Gasteiger partial charge in [-0.2, -0.15) is 10.2 Å². The van der Waals surface area contributed by atoms with Crippen LogP contribution in [0.4, 0.5) is 5.82 Å². The highest BCUT2D eigenvalue weighted by Gasteiger charge is 2.00.